The lowest BCUT2D eigenvalue weighted by Crippen LogP contribution is -2.38. The fourth-order valence-electron chi connectivity index (χ4n) is 1.11. The Kier molecular flexibility index (Phi) is 2.79. The standard InChI is InChI=1S/C8H9N3O3/c1-10-4-6(3-9-5-12)7(13)11(2)8(10)14/h4H,3H2,1-2H3. The number of aliphatic imine (C=N–C) groups is 1. The molecule has 74 valence electrons. The molecule has 0 spiro atoms. The van der Waals surface area contributed by atoms with Crippen LogP contribution in [-0.4, -0.2) is 15.2 Å². The maximum atomic E-state index is 11.4. The first-order valence-corrected chi connectivity index (χ1v) is 3.87. The van der Waals surface area contributed by atoms with Gasteiger partial charge in [0.25, 0.3) is 5.56 Å². The highest BCUT2D eigenvalue weighted by molar-refractivity contribution is 5.33. The van der Waals surface area contributed by atoms with Crippen molar-refractivity contribution in [2.45, 2.75) is 6.54 Å². The van der Waals surface area contributed by atoms with E-state index in [2.05, 4.69) is 4.99 Å². The third kappa shape index (κ3) is 1.70. The summed E-state index contributed by atoms with van der Waals surface area (Å²) in [5.74, 6) is 0. The van der Waals surface area contributed by atoms with E-state index in [0.717, 1.165) is 4.57 Å². The van der Waals surface area contributed by atoms with Gasteiger partial charge in [-0.3, -0.25) is 9.36 Å². The van der Waals surface area contributed by atoms with Gasteiger partial charge in [-0.15, -0.1) is 0 Å². The normalized spacial score (nSPS) is 9.57. The zero-order valence-corrected chi connectivity index (χ0v) is 7.85. The van der Waals surface area contributed by atoms with Gasteiger partial charge in [0.1, 0.15) is 0 Å². The average molecular weight is 195 g/mol. The maximum absolute atomic E-state index is 11.4. The molecular weight excluding hydrogens is 186 g/mol. The van der Waals surface area contributed by atoms with Crippen LogP contribution in [0.15, 0.2) is 20.8 Å². The Labute approximate surface area is 79.1 Å². The van der Waals surface area contributed by atoms with Crippen molar-refractivity contribution in [1.29, 1.82) is 0 Å². The molecule has 0 aliphatic rings. The van der Waals surface area contributed by atoms with Gasteiger partial charge in [-0.1, -0.05) is 0 Å². The lowest BCUT2D eigenvalue weighted by atomic mass is 10.3. The molecule has 0 aliphatic carbocycles. The molecule has 0 bridgehead atoms. The van der Waals surface area contributed by atoms with Crippen LogP contribution in [-0.2, 0) is 25.4 Å². The number of hydrogen-bond acceptors (Lipinski definition) is 4. The van der Waals surface area contributed by atoms with Crippen LogP contribution < -0.4 is 11.2 Å². The van der Waals surface area contributed by atoms with Crippen molar-refractivity contribution in [3.63, 3.8) is 0 Å². The van der Waals surface area contributed by atoms with Crippen molar-refractivity contribution in [3.8, 4) is 0 Å². The molecule has 1 aromatic heterocycles. The number of isocyanates is 1. The van der Waals surface area contributed by atoms with Crippen molar-refractivity contribution in [2.75, 3.05) is 0 Å². The van der Waals surface area contributed by atoms with Gasteiger partial charge in [0, 0.05) is 20.3 Å². The molecule has 0 N–H and O–H groups in total. The summed E-state index contributed by atoms with van der Waals surface area (Å²) in [6.07, 6.45) is 2.70. The number of aromatic nitrogens is 2. The Balaban J connectivity index is 3.40. The van der Waals surface area contributed by atoms with Crippen LogP contribution >= 0.6 is 0 Å². The second-order valence-corrected chi connectivity index (χ2v) is 2.82. The summed E-state index contributed by atoms with van der Waals surface area (Å²) >= 11 is 0. The minimum absolute atomic E-state index is 0.0513. The van der Waals surface area contributed by atoms with Crippen LogP contribution in [0.5, 0.6) is 0 Å². The Morgan fingerprint density at radius 1 is 1.43 bits per heavy atom. The number of nitrogens with zero attached hydrogens (tertiary/aromatic N) is 3. The summed E-state index contributed by atoms with van der Waals surface area (Å²) < 4.78 is 2.23. The van der Waals surface area contributed by atoms with E-state index in [4.69, 9.17) is 0 Å². The topological polar surface area (TPSA) is 73.4 Å². The molecule has 6 nitrogen and oxygen atoms in total. The van der Waals surface area contributed by atoms with Crippen molar-refractivity contribution < 1.29 is 4.79 Å². The van der Waals surface area contributed by atoms with E-state index in [1.165, 1.54) is 30.9 Å². The first-order chi connectivity index (χ1) is 6.57. The van der Waals surface area contributed by atoms with Crippen molar-refractivity contribution in [3.05, 3.63) is 32.6 Å². The smallest absolute Gasteiger partial charge is 0.303 e. The molecule has 0 aromatic carbocycles. The molecule has 0 unspecified atom stereocenters. The summed E-state index contributed by atoms with van der Waals surface area (Å²) in [7, 11) is 2.90. The molecule has 1 rings (SSSR count). The van der Waals surface area contributed by atoms with E-state index in [1.54, 1.807) is 0 Å². The van der Waals surface area contributed by atoms with E-state index < -0.39 is 11.2 Å². The van der Waals surface area contributed by atoms with Gasteiger partial charge in [-0.05, 0) is 0 Å². The SMILES string of the molecule is Cn1cc(CN=C=O)c(=O)n(C)c1=O. The first-order valence-electron chi connectivity index (χ1n) is 3.87. The number of rotatable bonds is 2. The summed E-state index contributed by atoms with van der Waals surface area (Å²) in [6.45, 7) is -0.0513. The lowest BCUT2D eigenvalue weighted by Gasteiger charge is -2.03. The Morgan fingerprint density at radius 3 is 2.64 bits per heavy atom. The monoisotopic (exact) mass is 195 g/mol. The molecule has 14 heavy (non-hydrogen) atoms. The van der Waals surface area contributed by atoms with Crippen LogP contribution in [0.2, 0.25) is 0 Å². The van der Waals surface area contributed by atoms with Crippen LogP contribution in [0.1, 0.15) is 5.56 Å². The van der Waals surface area contributed by atoms with Gasteiger partial charge in [0.05, 0.1) is 12.1 Å². The first kappa shape index (κ1) is 10.1. The van der Waals surface area contributed by atoms with E-state index in [-0.39, 0.29) is 12.1 Å². The molecule has 6 heteroatoms. The molecule has 0 saturated heterocycles. The van der Waals surface area contributed by atoms with Crippen LogP contribution in [0.3, 0.4) is 0 Å². The summed E-state index contributed by atoms with van der Waals surface area (Å²) in [4.78, 5) is 35.8. The summed E-state index contributed by atoms with van der Waals surface area (Å²) in [5.41, 5.74) is -0.557. The highest BCUT2D eigenvalue weighted by Gasteiger charge is 2.05. The highest BCUT2D eigenvalue weighted by atomic mass is 16.2. The van der Waals surface area contributed by atoms with Gasteiger partial charge in [0.2, 0.25) is 6.08 Å². The van der Waals surface area contributed by atoms with E-state index in [1.807, 2.05) is 0 Å². The molecule has 0 saturated carbocycles. The van der Waals surface area contributed by atoms with Crippen LogP contribution in [0.25, 0.3) is 0 Å². The van der Waals surface area contributed by atoms with Crippen molar-refractivity contribution in [1.82, 2.24) is 9.13 Å². The van der Waals surface area contributed by atoms with E-state index in [9.17, 15) is 14.4 Å². The van der Waals surface area contributed by atoms with Gasteiger partial charge in [-0.2, -0.15) is 0 Å². The third-order valence-electron chi connectivity index (χ3n) is 1.83. The fourth-order valence-corrected chi connectivity index (χ4v) is 1.11. The Morgan fingerprint density at radius 2 is 2.07 bits per heavy atom. The van der Waals surface area contributed by atoms with Gasteiger partial charge in [0.15, 0.2) is 0 Å². The zero-order valence-electron chi connectivity index (χ0n) is 7.85. The van der Waals surface area contributed by atoms with Gasteiger partial charge >= 0.3 is 5.69 Å². The molecule has 0 radical (unpaired) electrons. The van der Waals surface area contributed by atoms with Crippen LogP contribution in [0, 0.1) is 0 Å². The quantitative estimate of drug-likeness (QED) is 0.445. The van der Waals surface area contributed by atoms with Gasteiger partial charge in [-0.25, -0.2) is 14.6 Å². The maximum Gasteiger partial charge on any atom is 0.330 e. The molecule has 0 aliphatic heterocycles. The average Bonchev–Trinajstić information content (AvgIpc) is 2.18. The van der Waals surface area contributed by atoms with Crippen LogP contribution in [0.4, 0.5) is 0 Å². The zero-order chi connectivity index (χ0) is 10.7. The highest BCUT2D eigenvalue weighted by Crippen LogP contribution is 1.89. The lowest BCUT2D eigenvalue weighted by molar-refractivity contribution is 0.562. The van der Waals surface area contributed by atoms with Crippen molar-refractivity contribution >= 4 is 6.08 Å². The number of carbonyl (C=O) groups excluding carboxylic acids is 1. The fraction of sp³-hybridized carbons (Fsp3) is 0.375. The minimum Gasteiger partial charge on any atom is -0.303 e. The third-order valence-corrected chi connectivity index (χ3v) is 1.83. The predicted molar refractivity (Wildman–Crippen MR) is 48.7 cm³/mol. The number of aryl methyl sites for hydroxylation is 1. The predicted octanol–water partition coefficient (Wildman–Crippen LogP) is -1.08. The Hall–Kier alpha value is -1.94. The molecule has 0 fully saturated rings. The number of hydrogen-bond donors (Lipinski definition) is 0. The molecule has 1 aromatic rings. The summed E-state index contributed by atoms with van der Waals surface area (Å²) in [5, 5.41) is 0. The molecular formula is C8H9N3O3. The largest absolute Gasteiger partial charge is 0.330 e. The van der Waals surface area contributed by atoms with Crippen molar-refractivity contribution in [2.24, 2.45) is 19.1 Å². The van der Waals surface area contributed by atoms with E-state index >= 15 is 0 Å². The summed E-state index contributed by atoms with van der Waals surface area (Å²) in [6, 6.07) is 0. The molecule has 0 amide bonds. The minimum atomic E-state index is -0.438. The van der Waals surface area contributed by atoms with Gasteiger partial charge < -0.3 is 4.57 Å². The second kappa shape index (κ2) is 3.85. The second-order valence-electron chi connectivity index (χ2n) is 2.82. The molecule has 1 heterocycles. The van der Waals surface area contributed by atoms with E-state index in [0.29, 0.717) is 0 Å². The molecule has 0 atom stereocenters. The Bertz CT molecular complexity index is 506.